The van der Waals surface area contributed by atoms with Crippen molar-refractivity contribution in [3.63, 3.8) is 0 Å². The number of carbonyl (C=O) groups is 2. The van der Waals surface area contributed by atoms with E-state index < -0.39 is 17.4 Å². The zero-order chi connectivity index (χ0) is 20.2. The lowest BCUT2D eigenvalue weighted by molar-refractivity contribution is -0.123. The summed E-state index contributed by atoms with van der Waals surface area (Å²) in [6.45, 7) is 0. The molecule has 0 spiro atoms. The molecule has 4 rings (SSSR count). The fraction of sp³-hybridized carbons (Fsp3) is 0.143. The van der Waals surface area contributed by atoms with Gasteiger partial charge in [-0.05, 0) is 17.7 Å². The van der Waals surface area contributed by atoms with Gasteiger partial charge >= 0.3 is 0 Å². The maximum atomic E-state index is 12.7. The van der Waals surface area contributed by atoms with Crippen molar-refractivity contribution in [3.8, 4) is 0 Å². The molecule has 1 aromatic heterocycles. The van der Waals surface area contributed by atoms with E-state index in [0.717, 1.165) is 5.56 Å². The Morgan fingerprint density at radius 1 is 1.07 bits per heavy atom. The average Bonchev–Trinajstić information content (AvgIpc) is 2.73. The average molecular weight is 406 g/mol. The van der Waals surface area contributed by atoms with Gasteiger partial charge in [-0.1, -0.05) is 60.3 Å². The first kappa shape index (κ1) is 18.9. The standard InChI is InChI=1S/C21H18N4O3S/c26-16-11-15(19(27)22-14-9-5-2-6-10-14)17-18(23-16)24-21(25-20(17)28)29-12-13-7-3-1-4-8-13/h1-10,15H,11-12H2,(H,22,27)(H2,23,24,25,26,28). The summed E-state index contributed by atoms with van der Waals surface area (Å²) in [4.78, 5) is 44.7. The number of thioether (sulfide) groups is 1. The van der Waals surface area contributed by atoms with Crippen molar-refractivity contribution >= 4 is 35.1 Å². The lowest BCUT2D eigenvalue weighted by atomic mass is 9.92. The predicted molar refractivity (Wildman–Crippen MR) is 112 cm³/mol. The van der Waals surface area contributed by atoms with E-state index in [1.807, 2.05) is 36.4 Å². The molecule has 1 aliphatic heterocycles. The molecule has 0 radical (unpaired) electrons. The van der Waals surface area contributed by atoms with E-state index in [0.29, 0.717) is 16.6 Å². The van der Waals surface area contributed by atoms with Gasteiger partial charge in [0.05, 0.1) is 11.5 Å². The van der Waals surface area contributed by atoms with Crippen molar-refractivity contribution in [2.24, 2.45) is 0 Å². The minimum absolute atomic E-state index is 0.104. The Morgan fingerprint density at radius 3 is 2.48 bits per heavy atom. The minimum Gasteiger partial charge on any atom is -0.326 e. The van der Waals surface area contributed by atoms with E-state index in [9.17, 15) is 14.4 Å². The molecule has 1 aliphatic rings. The molecule has 1 atom stereocenters. The van der Waals surface area contributed by atoms with E-state index in [4.69, 9.17) is 0 Å². The molecule has 0 bridgehead atoms. The van der Waals surface area contributed by atoms with Gasteiger partial charge in [-0.25, -0.2) is 4.98 Å². The van der Waals surface area contributed by atoms with Gasteiger partial charge in [0.1, 0.15) is 5.82 Å². The lowest BCUT2D eigenvalue weighted by Crippen LogP contribution is -2.36. The Hall–Kier alpha value is -3.39. The van der Waals surface area contributed by atoms with Crippen LogP contribution in [0.5, 0.6) is 0 Å². The number of nitrogens with zero attached hydrogens (tertiary/aromatic N) is 1. The Bertz CT molecular complexity index is 1100. The zero-order valence-electron chi connectivity index (χ0n) is 15.3. The van der Waals surface area contributed by atoms with Crippen molar-refractivity contribution in [1.29, 1.82) is 0 Å². The first-order valence-corrected chi connectivity index (χ1v) is 10.1. The second-order valence-corrected chi connectivity index (χ2v) is 7.53. The molecule has 1 unspecified atom stereocenters. The summed E-state index contributed by atoms with van der Waals surface area (Å²) in [7, 11) is 0. The normalized spacial score (nSPS) is 15.3. The van der Waals surface area contributed by atoms with E-state index in [-0.39, 0.29) is 23.7 Å². The van der Waals surface area contributed by atoms with Crippen LogP contribution in [0.15, 0.2) is 70.6 Å². The van der Waals surface area contributed by atoms with Crippen LogP contribution in [-0.2, 0) is 15.3 Å². The first-order chi connectivity index (χ1) is 14.1. The van der Waals surface area contributed by atoms with Gasteiger partial charge in [0.15, 0.2) is 5.16 Å². The third-order valence-electron chi connectivity index (χ3n) is 4.51. The zero-order valence-corrected chi connectivity index (χ0v) is 16.2. The molecular formula is C21H18N4O3S. The van der Waals surface area contributed by atoms with Gasteiger partial charge in [-0.2, -0.15) is 0 Å². The largest absolute Gasteiger partial charge is 0.326 e. The smallest absolute Gasteiger partial charge is 0.257 e. The van der Waals surface area contributed by atoms with Crippen LogP contribution in [0.25, 0.3) is 0 Å². The van der Waals surface area contributed by atoms with Gasteiger partial charge in [0, 0.05) is 17.9 Å². The molecule has 7 nitrogen and oxygen atoms in total. The number of amides is 2. The number of carbonyl (C=O) groups excluding carboxylic acids is 2. The van der Waals surface area contributed by atoms with E-state index in [1.165, 1.54) is 11.8 Å². The number of anilines is 2. The Morgan fingerprint density at radius 2 is 1.76 bits per heavy atom. The molecule has 0 fully saturated rings. The number of nitrogens with one attached hydrogen (secondary N) is 3. The number of aromatic nitrogens is 2. The topological polar surface area (TPSA) is 104 Å². The number of hydrogen-bond acceptors (Lipinski definition) is 5. The molecule has 2 aromatic carbocycles. The minimum atomic E-state index is -0.900. The van der Waals surface area contributed by atoms with Crippen LogP contribution in [0.3, 0.4) is 0 Å². The van der Waals surface area contributed by atoms with Gasteiger partial charge in [-0.15, -0.1) is 0 Å². The van der Waals surface area contributed by atoms with Crippen LogP contribution in [-0.4, -0.2) is 21.8 Å². The SMILES string of the molecule is O=C1CC(C(=O)Nc2ccccc2)c2c(nc(SCc3ccccc3)[nH]c2=O)N1. The Kier molecular flexibility index (Phi) is 5.44. The fourth-order valence-corrected chi connectivity index (χ4v) is 3.94. The van der Waals surface area contributed by atoms with Crippen LogP contribution in [0.2, 0.25) is 0 Å². The second kappa shape index (κ2) is 8.32. The summed E-state index contributed by atoms with van der Waals surface area (Å²) in [6, 6.07) is 18.7. The molecule has 29 heavy (non-hydrogen) atoms. The van der Waals surface area contributed by atoms with Crippen molar-refractivity contribution < 1.29 is 9.59 Å². The fourth-order valence-electron chi connectivity index (χ4n) is 3.12. The summed E-state index contributed by atoms with van der Waals surface area (Å²) in [5.41, 5.74) is 1.45. The molecule has 8 heteroatoms. The van der Waals surface area contributed by atoms with E-state index in [2.05, 4.69) is 20.6 Å². The van der Waals surface area contributed by atoms with Crippen LogP contribution >= 0.6 is 11.8 Å². The highest BCUT2D eigenvalue weighted by Gasteiger charge is 2.34. The molecule has 3 N–H and O–H groups in total. The highest BCUT2D eigenvalue weighted by molar-refractivity contribution is 7.98. The van der Waals surface area contributed by atoms with Crippen molar-refractivity contribution in [2.75, 3.05) is 10.6 Å². The number of benzene rings is 2. The molecule has 3 aromatic rings. The van der Waals surface area contributed by atoms with Crippen molar-refractivity contribution in [3.05, 3.63) is 82.1 Å². The maximum Gasteiger partial charge on any atom is 0.257 e. The monoisotopic (exact) mass is 406 g/mol. The number of hydrogen-bond donors (Lipinski definition) is 3. The quantitative estimate of drug-likeness (QED) is 0.446. The molecule has 2 amide bonds. The Labute approximate surface area is 171 Å². The van der Waals surface area contributed by atoms with E-state index in [1.54, 1.807) is 24.3 Å². The van der Waals surface area contributed by atoms with Crippen LogP contribution in [0.1, 0.15) is 23.5 Å². The number of H-pyrrole nitrogens is 1. The van der Waals surface area contributed by atoms with Gasteiger partial charge in [0.2, 0.25) is 11.8 Å². The molecule has 146 valence electrons. The third kappa shape index (κ3) is 4.38. The summed E-state index contributed by atoms with van der Waals surface area (Å²) >= 11 is 1.36. The number of fused-ring (bicyclic) bond motifs is 1. The van der Waals surface area contributed by atoms with Gasteiger partial charge in [0.25, 0.3) is 5.56 Å². The summed E-state index contributed by atoms with van der Waals surface area (Å²) in [5.74, 6) is -0.890. The third-order valence-corrected chi connectivity index (χ3v) is 5.45. The van der Waals surface area contributed by atoms with Crippen molar-refractivity contribution in [2.45, 2.75) is 23.2 Å². The summed E-state index contributed by atoms with van der Waals surface area (Å²) < 4.78 is 0. The Balaban J connectivity index is 1.58. The van der Waals surface area contributed by atoms with Crippen molar-refractivity contribution in [1.82, 2.24) is 9.97 Å². The molecule has 0 saturated carbocycles. The molecule has 2 heterocycles. The maximum absolute atomic E-state index is 12.7. The first-order valence-electron chi connectivity index (χ1n) is 9.07. The van der Waals surface area contributed by atoms with Crippen LogP contribution in [0, 0.1) is 0 Å². The van der Waals surface area contributed by atoms with E-state index >= 15 is 0 Å². The van der Waals surface area contributed by atoms with Gasteiger partial charge in [-0.3, -0.25) is 14.4 Å². The molecule has 0 aliphatic carbocycles. The highest BCUT2D eigenvalue weighted by atomic mass is 32.2. The van der Waals surface area contributed by atoms with Crippen LogP contribution in [0.4, 0.5) is 11.5 Å². The number of aromatic amines is 1. The highest BCUT2D eigenvalue weighted by Crippen LogP contribution is 2.30. The number of para-hydroxylation sites is 1. The van der Waals surface area contributed by atoms with Crippen LogP contribution < -0.4 is 16.2 Å². The molecule has 0 saturated heterocycles. The molecular weight excluding hydrogens is 388 g/mol. The summed E-state index contributed by atoms with van der Waals surface area (Å²) in [6.07, 6.45) is -0.104. The predicted octanol–water partition coefficient (Wildman–Crippen LogP) is 3.13. The van der Waals surface area contributed by atoms with Gasteiger partial charge < -0.3 is 15.6 Å². The lowest BCUT2D eigenvalue weighted by Gasteiger charge is -2.23. The second-order valence-electron chi connectivity index (χ2n) is 6.57. The number of rotatable bonds is 5. The summed E-state index contributed by atoms with van der Waals surface area (Å²) in [5, 5.41) is 5.77.